The van der Waals surface area contributed by atoms with Gasteiger partial charge in [0.2, 0.25) is 0 Å². The van der Waals surface area contributed by atoms with Crippen molar-refractivity contribution in [3.05, 3.63) is 58.1 Å². The van der Waals surface area contributed by atoms with Gasteiger partial charge in [0.25, 0.3) is 5.69 Å². The number of nitro benzene ring substituents is 1. The van der Waals surface area contributed by atoms with Gasteiger partial charge in [-0.3, -0.25) is 10.1 Å². The first-order chi connectivity index (χ1) is 11.1. The van der Waals surface area contributed by atoms with Crippen LogP contribution in [0.2, 0.25) is 0 Å². The molecule has 0 radical (unpaired) electrons. The zero-order valence-electron chi connectivity index (χ0n) is 12.5. The van der Waals surface area contributed by atoms with Gasteiger partial charge in [0.15, 0.2) is 5.13 Å². The Labute approximate surface area is 136 Å². The van der Waals surface area contributed by atoms with Crippen molar-refractivity contribution >= 4 is 32.4 Å². The van der Waals surface area contributed by atoms with E-state index < -0.39 is 4.92 Å². The number of nitrogens with zero attached hydrogens (tertiary/aromatic N) is 2. The lowest BCUT2D eigenvalue weighted by molar-refractivity contribution is -0.384. The number of non-ortho nitro benzene ring substituents is 1. The van der Waals surface area contributed by atoms with E-state index in [1.165, 1.54) is 17.4 Å². The number of aromatic nitrogens is 1. The molecule has 0 saturated carbocycles. The molecule has 0 spiro atoms. The maximum absolute atomic E-state index is 10.8. The van der Waals surface area contributed by atoms with Crippen molar-refractivity contribution in [2.45, 2.75) is 6.92 Å². The molecule has 23 heavy (non-hydrogen) atoms. The minimum atomic E-state index is -0.401. The van der Waals surface area contributed by atoms with Gasteiger partial charge in [-0.05, 0) is 30.7 Å². The van der Waals surface area contributed by atoms with Gasteiger partial charge in [-0.1, -0.05) is 23.5 Å². The first kappa shape index (κ1) is 15.2. The summed E-state index contributed by atoms with van der Waals surface area (Å²) < 4.78 is 6.45. The Hall–Kier alpha value is -2.67. The van der Waals surface area contributed by atoms with Crippen LogP contribution in [0.4, 0.5) is 10.8 Å². The third-order valence-electron chi connectivity index (χ3n) is 3.22. The highest BCUT2D eigenvalue weighted by atomic mass is 32.1. The molecule has 0 aliphatic carbocycles. The average Bonchev–Trinajstić information content (AvgIpc) is 2.93. The number of hydrogen-bond donors (Lipinski definition) is 1. The highest BCUT2D eigenvalue weighted by Crippen LogP contribution is 2.28. The highest BCUT2D eigenvalue weighted by Gasteiger charge is 2.09. The number of nitrogens with one attached hydrogen (secondary N) is 1. The number of thiazole rings is 1. The van der Waals surface area contributed by atoms with Gasteiger partial charge in [0.1, 0.15) is 12.4 Å². The molecule has 2 aromatic carbocycles. The molecule has 0 fully saturated rings. The molecule has 3 rings (SSSR count). The minimum absolute atomic E-state index is 0.0791. The molecule has 0 aliphatic heterocycles. The molecular weight excluding hydrogens is 314 g/mol. The Morgan fingerprint density at radius 2 is 2.17 bits per heavy atom. The van der Waals surface area contributed by atoms with E-state index in [-0.39, 0.29) is 5.69 Å². The van der Waals surface area contributed by atoms with E-state index >= 15 is 0 Å². The van der Waals surface area contributed by atoms with E-state index in [0.717, 1.165) is 26.7 Å². The number of ether oxygens (including phenoxy) is 1. The quantitative estimate of drug-likeness (QED) is 0.420. The SMILES string of the molecule is Cc1cccc(OCCNc2nc3ccc([N+](=O)[O-])cc3s2)c1. The topological polar surface area (TPSA) is 77.3 Å². The summed E-state index contributed by atoms with van der Waals surface area (Å²) in [4.78, 5) is 14.8. The molecule has 0 amide bonds. The number of nitro groups is 1. The lowest BCUT2D eigenvalue weighted by Gasteiger charge is -2.07. The van der Waals surface area contributed by atoms with Crippen molar-refractivity contribution < 1.29 is 9.66 Å². The normalized spacial score (nSPS) is 10.7. The fraction of sp³-hybridized carbons (Fsp3) is 0.188. The fourth-order valence-electron chi connectivity index (χ4n) is 2.13. The van der Waals surface area contributed by atoms with Crippen LogP contribution < -0.4 is 10.1 Å². The molecule has 7 heteroatoms. The molecular formula is C16H15N3O3S. The van der Waals surface area contributed by atoms with Gasteiger partial charge in [0, 0.05) is 12.1 Å². The van der Waals surface area contributed by atoms with Crippen LogP contribution in [0.5, 0.6) is 5.75 Å². The molecule has 1 aromatic heterocycles. The monoisotopic (exact) mass is 329 g/mol. The molecule has 1 heterocycles. The van der Waals surface area contributed by atoms with E-state index in [0.29, 0.717) is 13.2 Å². The van der Waals surface area contributed by atoms with Gasteiger partial charge < -0.3 is 10.1 Å². The van der Waals surface area contributed by atoms with E-state index in [4.69, 9.17) is 4.74 Å². The van der Waals surface area contributed by atoms with Gasteiger partial charge in [0.05, 0.1) is 21.7 Å². The predicted molar refractivity (Wildman–Crippen MR) is 91.4 cm³/mol. The summed E-state index contributed by atoms with van der Waals surface area (Å²) in [5.74, 6) is 0.840. The maximum Gasteiger partial charge on any atom is 0.270 e. The third kappa shape index (κ3) is 3.75. The Balaban J connectivity index is 1.58. The van der Waals surface area contributed by atoms with Crippen LogP contribution in [0.1, 0.15) is 5.56 Å². The first-order valence-electron chi connectivity index (χ1n) is 7.10. The number of rotatable bonds is 6. The second-order valence-electron chi connectivity index (χ2n) is 5.02. The number of anilines is 1. The summed E-state index contributed by atoms with van der Waals surface area (Å²) in [7, 11) is 0. The molecule has 118 valence electrons. The zero-order valence-corrected chi connectivity index (χ0v) is 13.3. The highest BCUT2D eigenvalue weighted by molar-refractivity contribution is 7.22. The van der Waals surface area contributed by atoms with Gasteiger partial charge >= 0.3 is 0 Å². The molecule has 0 bridgehead atoms. The molecule has 0 aliphatic rings. The van der Waals surface area contributed by atoms with Gasteiger partial charge in [-0.25, -0.2) is 4.98 Å². The van der Waals surface area contributed by atoms with Crippen LogP contribution >= 0.6 is 11.3 Å². The summed E-state index contributed by atoms with van der Waals surface area (Å²) in [6.07, 6.45) is 0. The van der Waals surface area contributed by atoms with Crippen molar-refractivity contribution in [2.24, 2.45) is 0 Å². The van der Waals surface area contributed by atoms with Crippen molar-refractivity contribution in [3.8, 4) is 5.75 Å². The molecule has 0 atom stereocenters. The van der Waals surface area contributed by atoms with Crippen LogP contribution in [-0.2, 0) is 0 Å². The van der Waals surface area contributed by atoms with Crippen molar-refractivity contribution in [3.63, 3.8) is 0 Å². The third-order valence-corrected chi connectivity index (χ3v) is 4.20. The summed E-state index contributed by atoms with van der Waals surface area (Å²) in [5.41, 5.74) is 1.99. The maximum atomic E-state index is 10.8. The molecule has 0 saturated heterocycles. The second kappa shape index (κ2) is 6.62. The summed E-state index contributed by atoms with van der Waals surface area (Å²) in [6.45, 7) is 3.14. The summed E-state index contributed by atoms with van der Waals surface area (Å²) in [6, 6.07) is 12.6. The number of benzene rings is 2. The molecule has 0 unspecified atom stereocenters. The van der Waals surface area contributed by atoms with Crippen LogP contribution in [0.15, 0.2) is 42.5 Å². The Morgan fingerprint density at radius 3 is 2.96 bits per heavy atom. The van der Waals surface area contributed by atoms with Crippen molar-refractivity contribution in [2.75, 3.05) is 18.5 Å². The Bertz CT molecular complexity index is 847. The van der Waals surface area contributed by atoms with E-state index in [2.05, 4.69) is 10.3 Å². The number of hydrogen-bond acceptors (Lipinski definition) is 6. The molecule has 1 N–H and O–H groups in total. The van der Waals surface area contributed by atoms with Gasteiger partial charge in [-0.15, -0.1) is 0 Å². The largest absolute Gasteiger partial charge is 0.492 e. The zero-order chi connectivity index (χ0) is 16.2. The van der Waals surface area contributed by atoms with Crippen molar-refractivity contribution in [1.29, 1.82) is 0 Å². The van der Waals surface area contributed by atoms with E-state index in [1.54, 1.807) is 12.1 Å². The average molecular weight is 329 g/mol. The van der Waals surface area contributed by atoms with Crippen LogP contribution in [0, 0.1) is 17.0 Å². The summed E-state index contributed by atoms with van der Waals surface area (Å²) in [5, 5.41) is 14.7. The predicted octanol–water partition coefficient (Wildman–Crippen LogP) is 4.00. The Morgan fingerprint density at radius 1 is 1.30 bits per heavy atom. The molecule has 6 nitrogen and oxygen atoms in total. The smallest absolute Gasteiger partial charge is 0.270 e. The fourth-order valence-corrected chi connectivity index (χ4v) is 3.06. The van der Waals surface area contributed by atoms with Crippen LogP contribution in [0.25, 0.3) is 10.2 Å². The Kier molecular flexibility index (Phi) is 4.38. The lowest BCUT2D eigenvalue weighted by Crippen LogP contribution is -2.11. The van der Waals surface area contributed by atoms with Gasteiger partial charge in [-0.2, -0.15) is 0 Å². The number of aryl methyl sites for hydroxylation is 1. The van der Waals surface area contributed by atoms with Crippen LogP contribution in [0.3, 0.4) is 0 Å². The standard InChI is InChI=1S/C16H15N3O3S/c1-11-3-2-4-13(9-11)22-8-7-17-16-18-14-6-5-12(19(20)21)10-15(14)23-16/h2-6,9-10H,7-8H2,1H3,(H,17,18). The second-order valence-corrected chi connectivity index (χ2v) is 6.05. The van der Waals surface area contributed by atoms with Crippen molar-refractivity contribution in [1.82, 2.24) is 4.98 Å². The summed E-state index contributed by atoms with van der Waals surface area (Å²) >= 11 is 1.40. The van der Waals surface area contributed by atoms with E-state index in [9.17, 15) is 10.1 Å². The minimum Gasteiger partial charge on any atom is -0.492 e. The first-order valence-corrected chi connectivity index (χ1v) is 7.92. The van der Waals surface area contributed by atoms with E-state index in [1.807, 2.05) is 31.2 Å². The molecule has 3 aromatic rings. The number of fused-ring (bicyclic) bond motifs is 1. The lowest BCUT2D eigenvalue weighted by atomic mass is 10.2. The van der Waals surface area contributed by atoms with Crippen LogP contribution in [-0.4, -0.2) is 23.1 Å².